The first kappa shape index (κ1) is 24.0. The zero-order valence-electron chi connectivity index (χ0n) is 16.3. The number of thiocarbonyl (C=S) groups is 1. The van der Waals surface area contributed by atoms with Gasteiger partial charge >= 0.3 is 11.9 Å². The van der Waals surface area contributed by atoms with E-state index in [1.165, 1.54) is 12.1 Å². The minimum atomic E-state index is -1.26. The standard InChI is InChI=1S/C14H19N3O3S.C4H4O4/c1-15(2)7-6-11-9-16(3)14(21)12-8-10(17(18)19)4-5-13(12)20-11;5-3(6)1-2-4(7)8/h4-5,8,11H,6-7,9H2,1-3H3;1-2H,(H,5,6)(H,7,8)/b;2-1+. The van der Waals surface area contributed by atoms with E-state index in [0.717, 1.165) is 13.0 Å². The number of benzene rings is 1. The number of fused-ring (bicyclic) bond motifs is 1. The van der Waals surface area contributed by atoms with Gasteiger partial charge in [-0.2, -0.15) is 0 Å². The lowest BCUT2D eigenvalue weighted by Gasteiger charge is -2.22. The fourth-order valence-corrected chi connectivity index (χ4v) is 2.64. The first-order chi connectivity index (χ1) is 13.5. The summed E-state index contributed by atoms with van der Waals surface area (Å²) in [5, 5.41) is 26.5. The average Bonchev–Trinajstić information content (AvgIpc) is 2.75. The van der Waals surface area contributed by atoms with Crippen molar-refractivity contribution in [2.24, 2.45) is 0 Å². The summed E-state index contributed by atoms with van der Waals surface area (Å²) >= 11 is 5.42. The minimum absolute atomic E-state index is 0.0121. The van der Waals surface area contributed by atoms with E-state index in [1.807, 2.05) is 26.0 Å². The van der Waals surface area contributed by atoms with Gasteiger partial charge in [-0.05, 0) is 26.6 Å². The van der Waals surface area contributed by atoms with Crippen molar-refractivity contribution in [3.05, 3.63) is 46.0 Å². The second-order valence-electron chi connectivity index (χ2n) is 6.46. The minimum Gasteiger partial charge on any atom is -0.488 e. The van der Waals surface area contributed by atoms with Gasteiger partial charge in [-0.25, -0.2) is 9.59 Å². The number of nitrogens with zero attached hydrogens (tertiary/aromatic N) is 3. The van der Waals surface area contributed by atoms with Crippen molar-refractivity contribution in [1.29, 1.82) is 0 Å². The highest BCUT2D eigenvalue weighted by Crippen LogP contribution is 2.29. The summed E-state index contributed by atoms with van der Waals surface area (Å²) < 4.78 is 6.00. The summed E-state index contributed by atoms with van der Waals surface area (Å²) in [6, 6.07) is 4.58. The lowest BCUT2D eigenvalue weighted by atomic mass is 10.1. The van der Waals surface area contributed by atoms with Crippen LogP contribution in [-0.2, 0) is 9.59 Å². The van der Waals surface area contributed by atoms with E-state index in [-0.39, 0.29) is 11.8 Å². The molecule has 0 fully saturated rings. The molecule has 11 heteroatoms. The maximum Gasteiger partial charge on any atom is 0.328 e. The SMILES string of the molecule is CN(C)CCC1CN(C)C(=S)c2cc([N+](=O)[O-])ccc2O1.O=C(O)/C=C/C(=O)O. The molecule has 0 amide bonds. The number of carbonyl (C=O) groups is 2. The predicted molar refractivity (Wildman–Crippen MR) is 109 cm³/mol. The predicted octanol–water partition coefficient (Wildman–Crippen LogP) is 1.63. The number of aliphatic carboxylic acids is 2. The molecule has 0 spiro atoms. The number of hydrogen-bond acceptors (Lipinski definition) is 7. The highest BCUT2D eigenvalue weighted by Gasteiger charge is 2.26. The maximum atomic E-state index is 10.9. The second-order valence-corrected chi connectivity index (χ2v) is 6.85. The molecule has 0 bridgehead atoms. The molecule has 1 unspecified atom stereocenters. The quantitative estimate of drug-likeness (QED) is 0.300. The summed E-state index contributed by atoms with van der Waals surface area (Å²) in [6.07, 6.45) is 2.00. The summed E-state index contributed by atoms with van der Waals surface area (Å²) in [7, 11) is 5.92. The number of nitro benzene ring substituents is 1. The summed E-state index contributed by atoms with van der Waals surface area (Å²) in [4.78, 5) is 34.2. The van der Waals surface area contributed by atoms with Crippen LogP contribution in [0.25, 0.3) is 0 Å². The van der Waals surface area contributed by atoms with Crippen LogP contribution < -0.4 is 4.74 Å². The number of rotatable bonds is 6. The first-order valence-electron chi connectivity index (χ1n) is 8.50. The Kier molecular flexibility index (Phi) is 9.16. The highest BCUT2D eigenvalue weighted by molar-refractivity contribution is 7.80. The third-order valence-electron chi connectivity index (χ3n) is 3.79. The third kappa shape index (κ3) is 8.23. The van der Waals surface area contributed by atoms with Gasteiger partial charge < -0.3 is 24.7 Å². The largest absolute Gasteiger partial charge is 0.488 e. The topological polar surface area (TPSA) is 133 Å². The van der Waals surface area contributed by atoms with E-state index in [1.54, 1.807) is 6.07 Å². The number of carboxylic acids is 2. The first-order valence-corrected chi connectivity index (χ1v) is 8.91. The Bertz CT molecular complexity index is 795. The number of non-ortho nitro benzene ring substituents is 1. The molecule has 1 aromatic carbocycles. The van der Waals surface area contributed by atoms with E-state index in [2.05, 4.69) is 4.90 Å². The van der Waals surface area contributed by atoms with Gasteiger partial charge in [0.2, 0.25) is 0 Å². The molecule has 1 heterocycles. The van der Waals surface area contributed by atoms with Crippen molar-refractivity contribution >= 4 is 34.8 Å². The molecular formula is C18H23N3O7S. The molecule has 1 atom stereocenters. The number of likely N-dealkylation sites (N-methyl/N-ethyl adjacent to an activating group) is 1. The fraction of sp³-hybridized carbons (Fsp3) is 0.389. The molecule has 158 valence electrons. The molecule has 10 nitrogen and oxygen atoms in total. The van der Waals surface area contributed by atoms with Crippen LogP contribution in [0, 0.1) is 10.1 Å². The van der Waals surface area contributed by atoms with Crippen LogP contribution in [0.5, 0.6) is 5.75 Å². The molecule has 1 aromatic rings. The van der Waals surface area contributed by atoms with Crippen molar-refractivity contribution in [2.45, 2.75) is 12.5 Å². The lowest BCUT2D eigenvalue weighted by molar-refractivity contribution is -0.384. The Morgan fingerprint density at radius 3 is 2.41 bits per heavy atom. The summed E-state index contributed by atoms with van der Waals surface area (Å²) in [5.74, 6) is -1.89. The van der Waals surface area contributed by atoms with Crippen molar-refractivity contribution < 1.29 is 29.5 Å². The third-order valence-corrected chi connectivity index (χ3v) is 4.32. The van der Waals surface area contributed by atoms with Crippen LogP contribution in [-0.4, -0.2) is 82.2 Å². The molecule has 0 saturated carbocycles. The maximum absolute atomic E-state index is 10.9. The van der Waals surface area contributed by atoms with Crippen molar-refractivity contribution in [3.8, 4) is 5.75 Å². The van der Waals surface area contributed by atoms with E-state index in [0.29, 0.717) is 35.0 Å². The molecule has 0 radical (unpaired) electrons. The number of ether oxygens (including phenoxy) is 1. The average molecular weight is 425 g/mol. The normalized spacial score (nSPS) is 15.8. The van der Waals surface area contributed by atoms with Crippen molar-refractivity contribution in [3.63, 3.8) is 0 Å². The van der Waals surface area contributed by atoms with Crippen LogP contribution in [0.4, 0.5) is 5.69 Å². The molecule has 2 N–H and O–H groups in total. The fourth-order valence-electron chi connectivity index (χ4n) is 2.41. The zero-order valence-corrected chi connectivity index (χ0v) is 17.1. The molecule has 1 aliphatic rings. The van der Waals surface area contributed by atoms with E-state index < -0.39 is 16.9 Å². The van der Waals surface area contributed by atoms with Gasteiger partial charge in [0.25, 0.3) is 5.69 Å². The Balaban J connectivity index is 0.000000447. The Labute approximate surface area is 173 Å². The van der Waals surface area contributed by atoms with Gasteiger partial charge in [-0.3, -0.25) is 10.1 Å². The smallest absolute Gasteiger partial charge is 0.328 e. The highest BCUT2D eigenvalue weighted by atomic mass is 32.1. The van der Waals surface area contributed by atoms with E-state index >= 15 is 0 Å². The molecule has 29 heavy (non-hydrogen) atoms. The van der Waals surface area contributed by atoms with Gasteiger partial charge in [-0.1, -0.05) is 12.2 Å². The molecule has 0 saturated heterocycles. The molecule has 0 aromatic heterocycles. The number of carboxylic acid groups (broad SMARTS) is 2. The second kappa shape index (κ2) is 11.1. The van der Waals surface area contributed by atoms with E-state index in [4.69, 9.17) is 27.2 Å². The van der Waals surface area contributed by atoms with Gasteiger partial charge in [0.05, 0.1) is 17.0 Å². The van der Waals surface area contributed by atoms with Crippen molar-refractivity contribution in [2.75, 3.05) is 34.2 Å². The zero-order chi connectivity index (χ0) is 22.1. The van der Waals surface area contributed by atoms with Crippen LogP contribution in [0.1, 0.15) is 12.0 Å². The van der Waals surface area contributed by atoms with Gasteiger partial charge in [-0.15, -0.1) is 0 Å². The Morgan fingerprint density at radius 1 is 1.34 bits per heavy atom. The van der Waals surface area contributed by atoms with Crippen LogP contribution in [0.3, 0.4) is 0 Å². The summed E-state index contributed by atoms with van der Waals surface area (Å²) in [6.45, 7) is 1.59. The molecular weight excluding hydrogens is 402 g/mol. The Morgan fingerprint density at radius 2 is 1.93 bits per heavy atom. The van der Waals surface area contributed by atoms with Gasteiger partial charge in [0, 0.05) is 37.9 Å². The van der Waals surface area contributed by atoms with E-state index in [9.17, 15) is 19.7 Å². The molecule has 1 aliphatic heterocycles. The summed E-state index contributed by atoms with van der Waals surface area (Å²) in [5.41, 5.74) is 0.647. The molecule has 0 aliphatic carbocycles. The van der Waals surface area contributed by atoms with Crippen LogP contribution >= 0.6 is 12.2 Å². The monoisotopic (exact) mass is 425 g/mol. The van der Waals surface area contributed by atoms with Crippen LogP contribution in [0.2, 0.25) is 0 Å². The van der Waals surface area contributed by atoms with Crippen LogP contribution in [0.15, 0.2) is 30.4 Å². The molecule has 2 rings (SSSR count). The Hall–Kier alpha value is -3.05. The van der Waals surface area contributed by atoms with Gasteiger partial charge in [0.1, 0.15) is 16.8 Å². The van der Waals surface area contributed by atoms with Crippen molar-refractivity contribution in [1.82, 2.24) is 9.80 Å². The number of hydrogen-bond donors (Lipinski definition) is 2. The van der Waals surface area contributed by atoms with Gasteiger partial charge in [0.15, 0.2) is 0 Å². The lowest BCUT2D eigenvalue weighted by Crippen LogP contribution is -2.35. The number of nitro groups is 1.